The summed E-state index contributed by atoms with van der Waals surface area (Å²) in [5.41, 5.74) is 5.29. The number of aliphatic hydroxyl groups is 1. The van der Waals surface area contributed by atoms with E-state index in [0.29, 0.717) is 25.2 Å². The number of carbonyl (C=O) groups is 1. The number of nitrogens with one attached hydrogen (secondary N) is 1. The number of hydrogen-bond donors (Lipinski definition) is 3. The first-order valence-corrected chi connectivity index (χ1v) is 6.93. The van der Waals surface area contributed by atoms with Crippen LogP contribution in [0.5, 0.6) is 0 Å². The highest BCUT2D eigenvalue weighted by molar-refractivity contribution is 5.91. The fourth-order valence-electron chi connectivity index (χ4n) is 2.10. The summed E-state index contributed by atoms with van der Waals surface area (Å²) in [6.07, 6.45) is 0.910. The molecular weight excluding hydrogens is 273 g/mol. The molecule has 0 spiro atoms. The fourth-order valence-corrected chi connectivity index (χ4v) is 2.10. The monoisotopic (exact) mass is 297 g/mol. The Morgan fingerprint density at radius 2 is 2.14 bits per heavy atom. The molecule has 5 nitrogen and oxygen atoms in total. The van der Waals surface area contributed by atoms with Gasteiger partial charge in [-0.2, -0.15) is 0 Å². The highest BCUT2D eigenvalue weighted by Gasteiger charge is 2.15. The lowest BCUT2D eigenvalue weighted by atomic mass is 10.1. The zero-order chi connectivity index (χ0) is 16.0. The normalized spacial score (nSPS) is 11.7. The third-order valence-electron chi connectivity index (χ3n) is 2.87. The van der Waals surface area contributed by atoms with E-state index in [1.54, 1.807) is 13.8 Å². The van der Waals surface area contributed by atoms with Gasteiger partial charge in [0.15, 0.2) is 0 Å². The molecule has 0 atom stereocenters. The van der Waals surface area contributed by atoms with E-state index in [-0.39, 0.29) is 18.0 Å². The Balaban J connectivity index is 2.36. The lowest BCUT2D eigenvalue weighted by Gasteiger charge is -2.25. The minimum atomic E-state index is -0.762. The van der Waals surface area contributed by atoms with Crippen LogP contribution in [-0.4, -0.2) is 41.7 Å². The third-order valence-corrected chi connectivity index (χ3v) is 2.87. The van der Waals surface area contributed by atoms with Crippen LogP contribution in [0.3, 0.4) is 0 Å². The second-order valence-corrected chi connectivity index (χ2v) is 5.94. The van der Waals surface area contributed by atoms with Gasteiger partial charge in [0, 0.05) is 18.7 Å². The number of nitrogen functional groups attached to an aromatic ring is 1. The van der Waals surface area contributed by atoms with E-state index in [1.807, 2.05) is 11.9 Å². The van der Waals surface area contributed by atoms with Crippen LogP contribution in [0.25, 0.3) is 0 Å². The van der Waals surface area contributed by atoms with E-state index in [9.17, 15) is 14.3 Å². The van der Waals surface area contributed by atoms with Crippen molar-refractivity contribution in [3.8, 4) is 0 Å². The van der Waals surface area contributed by atoms with Crippen LogP contribution in [0.1, 0.15) is 26.7 Å². The maximum absolute atomic E-state index is 13.5. The first kappa shape index (κ1) is 17.4. The number of benzene rings is 1. The van der Waals surface area contributed by atoms with Crippen LogP contribution in [0, 0.1) is 5.82 Å². The van der Waals surface area contributed by atoms with Crippen molar-refractivity contribution < 1.29 is 14.3 Å². The summed E-state index contributed by atoms with van der Waals surface area (Å²) in [5.74, 6) is -0.757. The van der Waals surface area contributed by atoms with Crippen LogP contribution in [0.15, 0.2) is 18.2 Å². The van der Waals surface area contributed by atoms with E-state index >= 15 is 0 Å². The highest BCUT2D eigenvalue weighted by Crippen LogP contribution is 2.17. The first-order chi connectivity index (χ1) is 9.67. The van der Waals surface area contributed by atoms with Gasteiger partial charge in [0.25, 0.3) is 0 Å². The Morgan fingerprint density at radius 1 is 1.48 bits per heavy atom. The molecule has 0 heterocycles. The topological polar surface area (TPSA) is 78.6 Å². The molecule has 1 rings (SSSR count). The molecule has 0 saturated heterocycles. The summed E-state index contributed by atoms with van der Waals surface area (Å²) in [6, 6.07) is 4.06. The predicted octanol–water partition coefficient (Wildman–Crippen LogP) is 1.83. The number of nitrogens with two attached hydrogens (primary N) is 1. The van der Waals surface area contributed by atoms with Crippen molar-refractivity contribution in [1.82, 2.24) is 4.90 Å². The lowest BCUT2D eigenvalue weighted by Crippen LogP contribution is -2.36. The molecule has 0 aliphatic rings. The van der Waals surface area contributed by atoms with E-state index in [0.717, 1.165) is 0 Å². The van der Waals surface area contributed by atoms with Gasteiger partial charge in [0.05, 0.1) is 11.3 Å². The van der Waals surface area contributed by atoms with Crippen molar-refractivity contribution in [2.75, 3.05) is 31.2 Å². The molecule has 0 aliphatic heterocycles. The van der Waals surface area contributed by atoms with Gasteiger partial charge in [-0.1, -0.05) is 0 Å². The maximum Gasteiger partial charge on any atom is 0.224 e. The molecule has 0 unspecified atom stereocenters. The number of amides is 1. The van der Waals surface area contributed by atoms with Gasteiger partial charge in [0.1, 0.15) is 5.82 Å². The summed E-state index contributed by atoms with van der Waals surface area (Å²) >= 11 is 0. The van der Waals surface area contributed by atoms with E-state index in [2.05, 4.69) is 5.32 Å². The molecule has 0 aromatic heterocycles. The Kier molecular flexibility index (Phi) is 6.11. The maximum atomic E-state index is 13.5. The number of carbonyl (C=O) groups excluding carboxylic acids is 1. The number of likely N-dealkylation sites (N-methyl/N-ethyl adjacent to an activating group) is 1. The third kappa shape index (κ3) is 7.06. The van der Waals surface area contributed by atoms with Crippen molar-refractivity contribution in [1.29, 1.82) is 0 Å². The first-order valence-electron chi connectivity index (χ1n) is 6.93. The van der Waals surface area contributed by atoms with Gasteiger partial charge in [-0.25, -0.2) is 4.39 Å². The van der Waals surface area contributed by atoms with Gasteiger partial charge in [0.2, 0.25) is 5.91 Å². The number of anilines is 2. The van der Waals surface area contributed by atoms with Crippen LogP contribution in [0.2, 0.25) is 0 Å². The lowest BCUT2D eigenvalue weighted by molar-refractivity contribution is -0.116. The van der Waals surface area contributed by atoms with Crippen molar-refractivity contribution in [2.24, 2.45) is 0 Å². The smallest absolute Gasteiger partial charge is 0.224 e. The molecule has 118 valence electrons. The SMILES string of the molecule is CN(CCCC(=O)Nc1cc(N)ccc1F)CC(C)(C)O. The average Bonchev–Trinajstić information content (AvgIpc) is 2.31. The van der Waals surface area contributed by atoms with Crippen LogP contribution in [-0.2, 0) is 4.79 Å². The second-order valence-electron chi connectivity index (χ2n) is 5.94. The molecule has 6 heteroatoms. The highest BCUT2D eigenvalue weighted by atomic mass is 19.1. The molecule has 0 bridgehead atoms. The van der Waals surface area contributed by atoms with Gasteiger partial charge in [-0.15, -0.1) is 0 Å². The van der Waals surface area contributed by atoms with E-state index in [4.69, 9.17) is 5.73 Å². The van der Waals surface area contributed by atoms with Crippen LogP contribution >= 0.6 is 0 Å². The zero-order valence-corrected chi connectivity index (χ0v) is 12.8. The predicted molar refractivity (Wildman–Crippen MR) is 82.5 cm³/mol. The summed E-state index contributed by atoms with van der Waals surface area (Å²) in [6.45, 7) is 4.67. The Hall–Kier alpha value is -1.66. The quantitative estimate of drug-likeness (QED) is 0.671. The van der Waals surface area contributed by atoms with Gasteiger partial charge in [-0.05, 0) is 52.1 Å². The van der Waals surface area contributed by atoms with Crippen LogP contribution in [0.4, 0.5) is 15.8 Å². The number of nitrogens with zero attached hydrogens (tertiary/aromatic N) is 1. The number of rotatable bonds is 7. The molecule has 0 fully saturated rings. The Bertz CT molecular complexity index is 486. The van der Waals surface area contributed by atoms with Crippen molar-refractivity contribution in [2.45, 2.75) is 32.3 Å². The molecular formula is C15H24FN3O2. The van der Waals surface area contributed by atoms with Crippen molar-refractivity contribution in [3.63, 3.8) is 0 Å². The largest absolute Gasteiger partial charge is 0.399 e. The molecule has 1 aromatic rings. The average molecular weight is 297 g/mol. The number of halogens is 1. The summed E-state index contributed by atoms with van der Waals surface area (Å²) in [4.78, 5) is 13.7. The molecule has 0 radical (unpaired) electrons. The minimum Gasteiger partial charge on any atom is -0.399 e. The number of hydrogen-bond acceptors (Lipinski definition) is 4. The van der Waals surface area contributed by atoms with Crippen LogP contribution < -0.4 is 11.1 Å². The Labute approximate surface area is 124 Å². The molecule has 0 aliphatic carbocycles. The van der Waals surface area contributed by atoms with Crippen molar-refractivity contribution in [3.05, 3.63) is 24.0 Å². The molecule has 21 heavy (non-hydrogen) atoms. The fraction of sp³-hybridized carbons (Fsp3) is 0.533. The molecule has 1 amide bonds. The second kappa shape index (κ2) is 7.38. The van der Waals surface area contributed by atoms with Gasteiger partial charge < -0.3 is 21.1 Å². The summed E-state index contributed by atoms with van der Waals surface area (Å²) in [5, 5.41) is 12.2. The standard InChI is InChI=1S/C15H24FN3O2/c1-15(2,21)10-19(3)8-4-5-14(20)18-13-9-11(17)6-7-12(13)16/h6-7,9,21H,4-5,8,10,17H2,1-3H3,(H,18,20). The summed E-state index contributed by atoms with van der Waals surface area (Å²) in [7, 11) is 1.88. The van der Waals surface area contributed by atoms with Crippen molar-refractivity contribution >= 4 is 17.3 Å². The van der Waals surface area contributed by atoms with Gasteiger partial charge >= 0.3 is 0 Å². The molecule has 0 saturated carbocycles. The minimum absolute atomic E-state index is 0.102. The summed E-state index contributed by atoms with van der Waals surface area (Å²) < 4.78 is 13.5. The van der Waals surface area contributed by atoms with E-state index in [1.165, 1.54) is 18.2 Å². The van der Waals surface area contributed by atoms with E-state index < -0.39 is 11.4 Å². The molecule has 4 N–H and O–H groups in total. The van der Waals surface area contributed by atoms with Gasteiger partial charge in [-0.3, -0.25) is 4.79 Å². The Morgan fingerprint density at radius 3 is 2.76 bits per heavy atom. The molecule has 1 aromatic carbocycles. The zero-order valence-electron chi connectivity index (χ0n) is 12.8.